The van der Waals surface area contributed by atoms with E-state index < -0.39 is 20.9 Å². The molecule has 0 aliphatic carbocycles. The predicted molar refractivity (Wildman–Crippen MR) is 49.8 cm³/mol. The number of nitrogens with zero attached hydrogens (tertiary/aromatic N) is 1. The second kappa shape index (κ2) is 3.20. The lowest BCUT2D eigenvalue weighted by Crippen LogP contribution is -2.41. The Bertz CT molecular complexity index is 281. The van der Waals surface area contributed by atoms with E-state index in [0.29, 0.717) is 13.0 Å². The van der Waals surface area contributed by atoms with E-state index in [0.717, 1.165) is 0 Å². The van der Waals surface area contributed by atoms with Crippen LogP contribution >= 0.6 is 0 Å². The highest BCUT2D eigenvalue weighted by molar-refractivity contribution is 7.90. The van der Waals surface area contributed by atoms with Crippen LogP contribution in [0.4, 0.5) is 4.39 Å². The maximum Gasteiger partial charge on any atom is 0.219 e. The summed E-state index contributed by atoms with van der Waals surface area (Å²) < 4.78 is 36.7. The smallest absolute Gasteiger partial charge is 0.219 e. The van der Waals surface area contributed by atoms with Crippen molar-refractivity contribution in [3.8, 4) is 0 Å². The van der Waals surface area contributed by atoms with Crippen LogP contribution in [-0.4, -0.2) is 36.7 Å². The second-order valence-electron chi connectivity index (χ2n) is 4.36. The summed E-state index contributed by atoms with van der Waals surface area (Å²) in [5.74, 6) is 0. The first kappa shape index (κ1) is 10.9. The van der Waals surface area contributed by atoms with Gasteiger partial charge in [-0.1, -0.05) is 0 Å². The third kappa shape index (κ3) is 2.02. The fourth-order valence-electron chi connectivity index (χ4n) is 1.29. The van der Waals surface area contributed by atoms with Crippen molar-refractivity contribution in [1.29, 1.82) is 0 Å². The van der Waals surface area contributed by atoms with E-state index in [-0.39, 0.29) is 6.54 Å². The normalized spacial score (nSPS) is 26.6. The first-order valence-electron chi connectivity index (χ1n) is 4.39. The van der Waals surface area contributed by atoms with E-state index in [4.69, 9.17) is 0 Å². The highest BCUT2D eigenvalue weighted by Crippen LogP contribution is 2.25. The lowest BCUT2D eigenvalue weighted by atomic mass is 10.3. The fourth-order valence-corrected chi connectivity index (χ4v) is 2.77. The maximum absolute atomic E-state index is 12.8. The van der Waals surface area contributed by atoms with Crippen LogP contribution in [-0.2, 0) is 10.0 Å². The molecule has 0 aromatic heterocycles. The Morgan fingerprint density at radius 1 is 1.38 bits per heavy atom. The Labute approximate surface area is 79.0 Å². The van der Waals surface area contributed by atoms with Crippen LogP contribution in [0.1, 0.15) is 27.2 Å². The summed E-state index contributed by atoms with van der Waals surface area (Å²) in [6.07, 6.45) is -0.660. The molecule has 0 amide bonds. The van der Waals surface area contributed by atoms with Gasteiger partial charge in [-0.15, -0.1) is 0 Å². The highest BCUT2D eigenvalue weighted by Gasteiger charge is 2.39. The molecule has 0 spiro atoms. The maximum atomic E-state index is 12.8. The molecule has 0 aromatic rings. The van der Waals surface area contributed by atoms with E-state index in [1.54, 1.807) is 20.8 Å². The van der Waals surface area contributed by atoms with E-state index >= 15 is 0 Å². The average molecular weight is 209 g/mol. The van der Waals surface area contributed by atoms with Crippen LogP contribution in [0, 0.1) is 0 Å². The Morgan fingerprint density at radius 3 is 2.23 bits per heavy atom. The van der Waals surface area contributed by atoms with Crippen LogP contribution in [0.5, 0.6) is 0 Å². The van der Waals surface area contributed by atoms with E-state index in [1.165, 1.54) is 4.31 Å². The summed E-state index contributed by atoms with van der Waals surface area (Å²) in [7, 11) is -3.32. The molecule has 1 heterocycles. The molecule has 0 saturated carbocycles. The van der Waals surface area contributed by atoms with Crippen LogP contribution in [0.2, 0.25) is 0 Å². The summed E-state index contributed by atoms with van der Waals surface area (Å²) in [6.45, 7) is 5.25. The Balaban J connectivity index is 2.84. The molecule has 1 unspecified atom stereocenters. The number of hydrogen-bond donors (Lipinski definition) is 0. The van der Waals surface area contributed by atoms with E-state index in [9.17, 15) is 12.8 Å². The molecule has 3 nitrogen and oxygen atoms in total. The minimum Gasteiger partial charge on any atom is -0.246 e. The summed E-state index contributed by atoms with van der Waals surface area (Å²) in [6, 6.07) is 0. The first-order valence-corrected chi connectivity index (χ1v) is 5.83. The number of halogens is 1. The van der Waals surface area contributed by atoms with Gasteiger partial charge in [0.25, 0.3) is 0 Å². The Morgan fingerprint density at radius 2 is 1.92 bits per heavy atom. The molecule has 1 atom stereocenters. The molecule has 78 valence electrons. The molecule has 0 radical (unpaired) electrons. The van der Waals surface area contributed by atoms with Gasteiger partial charge < -0.3 is 0 Å². The summed E-state index contributed by atoms with van der Waals surface area (Å²) in [4.78, 5) is 0. The molecular formula is C8H16FNO2S. The van der Waals surface area contributed by atoms with Gasteiger partial charge in [0.15, 0.2) is 0 Å². The Hall–Kier alpha value is -0.160. The lowest BCUT2D eigenvalue weighted by Gasteiger charge is -2.26. The van der Waals surface area contributed by atoms with Gasteiger partial charge in [-0.25, -0.2) is 12.8 Å². The third-order valence-electron chi connectivity index (χ3n) is 2.21. The summed E-state index contributed by atoms with van der Waals surface area (Å²) >= 11 is 0. The number of sulfonamides is 1. The SMILES string of the molecule is CC(C)(C)S(=O)(=O)N1CCC(F)C1. The molecular weight excluding hydrogens is 193 g/mol. The van der Waals surface area contributed by atoms with E-state index in [1.807, 2.05) is 0 Å². The number of rotatable bonds is 1. The van der Waals surface area contributed by atoms with Crippen molar-refractivity contribution < 1.29 is 12.8 Å². The standard InChI is InChI=1S/C8H16FNO2S/c1-8(2,3)13(11,12)10-5-4-7(9)6-10/h7H,4-6H2,1-3H3. The molecule has 0 N–H and O–H groups in total. The lowest BCUT2D eigenvalue weighted by molar-refractivity contribution is 0.340. The van der Waals surface area contributed by atoms with Crippen molar-refractivity contribution in [2.75, 3.05) is 13.1 Å². The van der Waals surface area contributed by atoms with Crippen LogP contribution < -0.4 is 0 Å². The topological polar surface area (TPSA) is 37.4 Å². The van der Waals surface area contributed by atoms with E-state index in [2.05, 4.69) is 0 Å². The van der Waals surface area contributed by atoms with Crippen molar-refractivity contribution >= 4 is 10.0 Å². The van der Waals surface area contributed by atoms with Crippen molar-refractivity contribution in [2.24, 2.45) is 0 Å². The molecule has 5 heteroatoms. The molecule has 1 rings (SSSR count). The van der Waals surface area contributed by atoms with Gasteiger partial charge in [-0.3, -0.25) is 0 Å². The first-order chi connectivity index (χ1) is 5.75. The third-order valence-corrected chi connectivity index (χ3v) is 4.77. The monoisotopic (exact) mass is 209 g/mol. The predicted octanol–water partition coefficient (Wildman–Crippen LogP) is 1.16. The second-order valence-corrected chi connectivity index (χ2v) is 7.05. The number of hydrogen-bond acceptors (Lipinski definition) is 2. The van der Waals surface area contributed by atoms with Crippen molar-refractivity contribution in [1.82, 2.24) is 4.31 Å². The minimum atomic E-state index is -3.32. The molecule has 1 saturated heterocycles. The quantitative estimate of drug-likeness (QED) is 0.650. The van der Waals surface area contributed by atoms with Gasteiger partial charge in [0, 0.05) is 13.1 Å². The largest absolute Gasteiger partial charge is 0.246 e. The van der Waals surface area contributed by atoms with Crippen molar-refractivity contribution in [3.63, 3.8) is 0 Å². The van der Waals surface area contributed by atoms with Crippen LogP contribution in [0.15, 0.2) is 0 Å². The van der Waals surface area contributed by atoms with Crippen molar-refractivity contribution in [3.05, 3.63) is 0 Å². The van der Waals surface area contributed by atoms with Gasteiger partial charge >= 0.3 is 0 Å². The van der Waals surface area contributed by atoms with Gasteiger partial charge in [0.1, 0.15) is 6.17 Å². The minimum absolute atomic E-state index is 0.0274. The van der Waals surface area contributed by atoms with Gasteiger partial charge in [-0.05, 0) is 27.2 Å². The van der Waals surface area contributed by atoms with Crippen molar-refractivity contribution in [2.45, 2.75) is 38.1 Å². The molecule has 0 bridgehead atoms. The molecule has 1 aliphatic heterocycles. The molecule has 1 aliphatic rings. The summed E-state index contributed by atoms with van der Waals surface area (Å²) in [5, 5.41) is 0. The summed E-state index contributed by atoms with van der Waals surface area (Å²) in [5.41, 5.74) is 0. The zero-order valence-corrected chi connectivity index (χ0v) is 9.07. The molecule has 0 aromatic carbocycles. The van der Waals surface area contributed by atoms with Crippen LogP contribution in [0.3, 0.4) is 0 Å². The van der Waals surface area contributed by atoms with Gasteiger partial charge in [0.2, 0.25) is 10.0 Å². The average Bonchev–Trinajstić information content (AvgIpc) is 2.33. The molecule has 13 heavy (non-hydrogen) atoms. The zero-order chi connectivity index (χ0) is 10.3. The number of alkyl halides is 1. The molecule has 1 fully saturated rings. The van der Waals surface area contributed by atoms with Gasteiger partial charge in [-0.2, -0.15) is 4.31 Å². The Kier molecular flexibility index (Phi) is 2.69. The van der Waals surface area contributed by atoms with Crippen LogP contribution in [0.25, 0.3) is 0 Å². The fraction of sp³-hybridized carbons (Fsp3) is 1.00. The zero-order valence-electron chi connectivity index (χ0n) is 8.25. The highest BCUT2D eigenvalue weighted by atomic mass is 32.2. The van der Waals surface area contributed by atoms with Gasteiger partial charge in [0.05, 0.1) is 4.75 Å².